The largest absolute Gasteiger partial charge is 0.384 e. The van der Waals surface area contributed by atoms with Crippen molar-refractivity contribution in [1.82, 2.24) is 10.6 Å². The monoisotopic (exact) mass is 276 g/mol. The first kappa shape index (κ1) is 14.0. The second-order valence-corrected chi connectivity index (χ2v) is 4.33. The summed E-state index contributed by atoms with van der Waals surface area (Å²) in [5.74, 6) is 3.60. The summed E-state index contributed by atoms with van der Waals surface area (Å²) in [6.45, 7) is 0.0253. The molecule has 104 valence electrons. The highest BCUT2D eigenvalue weighted by atomic mass is 19.1. The summed E-state index contributed by atoms with van der Waals surface area (Å²) in [6, 6.07) is 3.64. The van der Waals surface area contributed by atoms with Gasteiger partial charge in [-0.05, 0) is 18.2 Å². The number of carbonyl (C=O) groups is 2. The van der Waals surface area contributed by atoms with Gasteiger partial charge in [-0.2, -0.15) is 0 Å². The summed E-state index contributed by atoms with van der Waals surface area (Å²) in [5, 5.41) is 13.8. The SMILES string of the molecule is O=C1CC(NC(=O)c2ccc(C#CCO)c(F)c2)CN1. The summed E-state index contributed by atoms with van der Waals surface area (Å²) in [6.07, 6.45) is 0.230. The van der Waals surface area contributed by atoms with Crippen LogP contribution in [0.15, 0.2) is 18.2 Å². The molecule has 6 heteroatoms. The van der Waals surface area contributed by atoms with Crippen molar-refractivity contribution >= 4 is 11.8 Å². The van der Waals surface area contributed by atoms with Crippen LogP contribution in [0.3, 0.4) is 0 Å². The molecule has 0 aromatic heterocycles. The van der Waals surface area contributed by atoms with Crippen molar-refractivity contribution in [2.24, 2.45) is 0 Å². The summed E-state index contributed by atoms with van der Waals surface area (Å²) >= 11 is 0. The first-order valence-electron chi connectivity index (χ1n) is 6.07. The van der Waals surface area contributed by atoms with Crippen LogP contribution < -0.4 is 10.6 Å². The molecule has 0 aliphatic carbocycles. The number of hydrogen-bond donors (Lipinski definition) is 3. The number of rotatable bonds is 2. The number of hydrogen-bond acceptors (Lipinski definition) is 3. The third-order valence-corrected chi connectivity index (χ3v) is 2.85. The molecule has 1 aliphatic rings. The fraction of sp³-hybridized carbons (Fsp3) is 0.286. The summed E-state index contributed by atoms with van der Waals surface area (Å²) in [5.41, 5.74) is 0.282. The fourth-order valence-corrected chi connectivity index (χ4v) is 1.87. The van der Waals surface area contributed by atoms with Gasteiger partial charge >= 0.3 is 0 Å². The van der Waals surface area contributed by atoms with E-state index in [9.17, 15) is 14.0 Å². The van der Waals surface area contributed by atoms with Crippen LogP contribution in [0, 0.1) is 17.7 Å². The predicted molar refractivity (Wildman–Crippen MR) is 69.2 cm³/mol. The van der Waals surface area contributed by atoms with Crippen molar-refractivity contribution in [1.29, 1.82) is 0 Å². The molecule has 5 nitrogen and oxygen atoms in total. The molecule has 1 aromatic rings. The van der Waals surface area contributed by atoms with E-state index in [1.165, 1.54) is 12.1 Å². The average molecular weight is 276 g/mol. The van der Waals surface area contributed by atoms with E-state index in [1.807, 2.05) is 0 Å². The highest BCUT2D eigenvalue weighted by Gasteiger charge is 2.23. The van der Waals surface area contributed by atoms with E-state index in [0.29, 0.717) is 6.54 Å². The molecular formula is C14H13FN2O3. The summed E-state index contributed by atoms with van der Waals surface area (Å²) in [4.78, 5) is 22.9. The van der Waals surface area contributed by atoms with E-state index in [-0.39, 0.29) is 36.1 Å². The number of carbonyl (C=O) groups excluding carboxylic acids is 2. The van der Waals surface area contributed by atoms with Gasteiger partial charge in [-0.3, -0.25) is 9.59 Å². The Morgan fingerprint density at radius 1 is 1.55 bits per heavy atom. The average Bonchev–Trinajstić information content (AvgIpc) is 2.82. The Morgan fingerprint density at radius 2 is 2.35 bits per heavy atom. The number of amides is 2. The fourth-order valence-electron chi connectivity index (χ4n) is 1.87. The minimum atomic E-state index is -0.626. The molecule has 20 heavy (non-hydrogen) atoms. The van der Waals surface area contributed by atoms with Gasteiger partial charge in [0.25, 0.3) is 5.91 Å². The lowest BCUT2D eigenvalue weighted by Crippen LogP contribution is -2.36. The zero-order valence-electron chi connectivity index (χ0n) is 10.6. The first-order chi connectivity index (χ1) is 9.60. The maximum atomic E-state index is 13.7. The maximum Gasteiger partial charge on any atom is 0.251 e. The highest BCUT2D eigenvalue weighted by Crippen LogP contribution is 2.10. The van der Waals surface area contributed by atoms with Gasteiger partial charge < -0.3 is 15.7 Å². The van der Waals surface area contributed by atoms with E-state index in [0.717, 1.165) is 6.07 Å². The normalized spacial score (nSPS) is 17.1. The van der Waals surface area contributed by atoms with Gasteiger partial charge in [-0.1, -0.05) is 11.8 Å². The van der Waals surface area contributed by atoms with E-state index in [1.54, 1.807) is 0 Å². The Hall–Kier alpha value is -2.39. The van der Waals surface area contributed by atoms with Crippen molar-refractivity contribution in [2.45, 2.75) is 12.5 Å². The molecule has 3 N–H and O–H groups in total. The van der Waals surface area contributed by atoms with Gasteiger partial charge in [0, 0.05) is 18.5 Å². The van der Waals surface area contributed by atoms with Crippen molar-refractivity contribution in [3.8, 4) is 11.8 Å². The summed E-state index contributed by atoms with van der Waals surface area (Å²) < 4.78 is 13.7. The quantitative estimate of drug-likeness (QED) is 0.654. The zero-order chi connectivity index (χ0) is 14.5. The van der Waals surface area contributed by atoms with Crippen LogP contribution in [0.25, 0.3) is 0 Å². The third-order valence-electron chi connectivity index (χ3n) is 2.85. The lowest BCUT2D eigenvalue weighted by molar-refractivity contribution is -0.119. The lowest BCUT2D eigenvalue weighted by atomic mass is 10.1. The molecule has 0 spiro atoms. The Morgan fingerprint density at radius 3 is 2.95 bits per heavy atom. The van der Waals surface area contributed by atoms with Crippen LogP contribution in [0.1, 0.15) is 22.3 Å². The van der Waals surface area contributed by atoms with Gasteiger partial charge in [0.1, 0.15) is 12.4 Å². The molecule has 2 rings (SSSR count). The molecule has 1 atom stereocenters. The molecule has 0 bridgehead atoms. The molecule has 0 radical (unpaired) electrons. The molecule has 1 saturated heterocycles. The van der Waals surface area contributed by atoms with Crippen molar-refractivity contribution in [3.63, 3.8) is 0 Å². The molecule has 0 saturated carbocycles. The van der Waals surface area contributed by atoms with Crippen molar-refractivity contribution in [2.75, 3.05) is 13.2 Å². The molecular weight excluding hydrogens is 263 g/mol. The van der Waals surface area contributed by atoms with E-state index in [2.05, 4.69) is 22.5 Å². The van der Waals surface area contributed by atoms with Crippen LogP contribution in [-0.2, 0) is 4.79 Å². The van der Waals surface area contributed by atoms with E-state index >= 15 is 0 Å². The van der Waals surface area contributed by atoms with Crippen LogP contribution in [0.5, 0.6) is 0 Å². The molecule has 1 heterocycles. The molecule has 1 aromatic carbocycles. The van der Waals surface area contributed by atoms with Gasteiger partial charge in [-0.15, -0.1) is 0 Å². The van der Waals surface area contributed by atoms with Crippen LogP contribution in [-0.4, -0.2) is 36.1 Å². The first-order valence-corrected chi connectivity index (χ1v) is 6.07. The van der Waals surface area contributed by atoms with Gasteiger partial charge in [-0.25, -0.2) is 4.39 Å². The lowest BCUT2D eigenvalue weighted by Gasteiger charge is -2.10. The third kappa shape index (κ3) is 3.33. The van der Waals surface area contributed by atoms with Crippen LogP contribution >= 0.6 is 0 Å². The maximum absolute atomic E-state index is 13.7. The molecule has 1 unspecified atom stereocenters. The molecule has 1 aliphatic heterocycles. The van der Waals surface area contributed by atoms with Gasteiger partial charge in [0.2, 0.25) is 5.91 Å². The van der Waals surface area contributed by atoms with Crippen molar-refractivity contribution < 1.29 is 19.1 Å². The van der Waals surface area contributed by atoms with E-state index in [4.69, 9.17) is 5.11 Å². The Bertz CT molecular complexity index is 604. The van der Waals surface area contributed by atoms with Crippen LogP contribution in [0.2, 0.25) is 0 Å². The van der Waals surface area contributed by atoms with Crippen molar-refractivity contribution in [3.05, 3.63) is 35.1 Å². The number of aliphatic hydroxyl groups is 1. The van der Waals surface area contributed by atoms with Gasteiger partial charge in [0.05, 0.1) is 11.6 Å². The number of benzene rings is 1. The van der Waals surface area contributed by atoms with Gasteiger partial charge in [0.15, 0.2) is 0 Å². The number of halogens is 1. The molecule has 1 fully saturated rings. The molecule has 2 amide bonds. The Labute approximate surface area is 115 Å². The summed E-state index contributed by atoms with van der Waals surface area (Å²) in [7, 11) is 0. The smallest absolute Gasteiger partial charge is 0.251 e. The highest BCUT2D eigenvalue weighted by molar-refractivity contribution is 5.95. The standard InChI is InChI=1S/C14H13FN2O3/c15-12-6-10(4-3-9(12)2-1-5-18)14(20)17-11-7-13(19)16-8-11/h3-4,6,11,18H,5,7-8H2,(H,16,19)(H,17,20). The van der Waals surface area contributed by atoms with E-state index < -0.39 is 11.7 Å². The Kier molecular flexibility index (Phi) is 4.33. The predicted octanol–water partition coefficient (Wildman–Crippen LogP) is -0.212. The minimum Gasteiger partial charge on any atom is -0.384 e. The number of aliphatic hydroxyl groups excluding tert-OH is 1. The zero-order valence-corrected chi connectivity index (χ0v) is 10.6. The Balaban J connectivity index is 2.07. The second kappa shape index (κ2) is 6.17. The topological polar surface area (TPSA) is 78.4 Å². The minimum absolute atomic E-state index is 0.115. The van der Waals surface area contributed by atoms with Crippen LogP contribution in [0.4, 0.5) is 4.39 Å². The number of nitrogens with one attached hydrogen (secondary N) is 2. The second-order valence-electron chi connectivity index (χ2n) is 4.33.